The molecule has 0 amide bonds. The summed E-state index contributed by atoms with van der Waals surface area (Å²) in [6.45, 7) is 9.48. The molecule has 2 N–H and O–H groups in total. The molecule has 186 valence electrons. The first kappa shape index (κ1) is 26.5. The fourth-order valence-electron chi connectivity index (χ4n) is 5.09. The summed E-state index contributed by atoms with van der Waals surface area (Å²) >= 11 is 0. The molecule has 0 bridgehead atoms. The number of rotatable bonds is 8. The summed E-state index contributed by atoms with van der Waals surface area (Å²) in [4.78, 5) is 9.77. The van der Waals surface area contributed by atoms with Crippen LogP contribution in [-0.2, 0) is 6.54 Å². The van der Waals surface area contributed by atoms with Crippen LogP contribution < -0.4 is 15.4 Å². The third kappa shape index (κ3) is 7.46. The third-order valence-corrected chi connectivity index (χ3v) is 7.59. The second kappa shape index (κ2) is 12.6. The van der Waals surface area contributed by atoms with E-state index >= 15 is 0 Å². The zero-order valence-corrected chi connectivity index (χ0v) is 23.2. The highest BCUT2D eigenvalue weighted by atomic mass is 127. The van der Waals surface area contributed by atoms with Gasteiger partial charge in [0.15, 0.2) is 5.96 Å². The number of ether oxygens (including phenoxy) is 1. The van der Waals surface area contributed by atoms with Crippen LogP contribution in [0.1, 0.15) is 56.1 Å². The lowest BCUT2D eigenvalue weighted by Gasteiger charge is -2.50. The number of hydrogen-bond acceptors (Lipinski definition) is 4. The number of aryl methyl sites for hydroxylation is 1. The molecule has 3 fully saturated rings. The highest BCUT2D eigenvalue weighted by Crippen LogP contribution is 2.32. The Morgan fingerprint density at radius 3 is 2.48 bits per heavy atom. The van der Waals surface area contributed by atoms with E-state index in [0.717, 1.165) is 37.3 Å². The molecule has 1 saturated carbocycles. The number of guanidine groups is 1. The Morgan fingerprint density at radius 2 is 1.82 bits per heavy atom. The predicted molar refractivity (Wildman–Crippen MR) is 148 cm³/mol. The third-order valence-electron chi connectivity index (χ3n) is 7.59. The molecule has 2 aliphatic heterocycles. The van der Waals surface area contributed by atoms with Gasteiger partial charge in [-0.25, -0.2) is 0 Å². The number of benzene rings is 1. The first-order valence-corrected chi connectivity index (χ1v) is 12.7. The molecule has 7 heteroatoms. The van der Waals surface area contributed by atoms with Crippen molar-refractivity contribution in [1.82, 2.24) is 20.4 Å². The van der Waals surface area contributed by atoms with Crippen LogP contribution in [0.25, 0.3) is 0 Å². The van der Waals surface area contributed by atoms with Gasteiger partial charge in [-0.05, 0) is 96.2 Å². The normalized spacial score (nSPS) is 21.8. The van der Waals surface area contributed by atoms with E-state index < -0.39 is 0 Å². The molecule has 0 radical (unpaired) electrons. The average Bonchev–Trinajstić information content (AvgIpc) is 3.65. The number of nitrogens with one attached hydrogen (secondary N) is 2. The van der Waals surface area contributed by atoms with Crippen molar-refractivity contribution in [2.75, 3.05) is 53.4 Å². The zero-order valence-electron chi connectivity index (χ0n) is 20.9. The van der Waals surface area contributed by atoms with Gasteiger partial charge in [-0.1, -0.05) is 18.6 Å². The Hall–Kier alpha value is -1.06. The van der Waals surface area contributed by atoms with Crippen LogP contribution in [0.15, 0.2) is 23.2 Å². The van der Waals surface area contributed by atoms with Crippen molar-refractivity contribution in [3.05, 3.63) is 29.3 Å². The fourth-order valence-corrected chi connectivity index (χ4v) is 5.09. The average molecular weight is 570 g/mol. The van der Waals surface area contributed by atoms with E-state index in [4.69, 9.17) is 4.74 Å². The van der Waals surface area contributed by atoms with Gasteiger partial charge in [0.2, 0.25) is 0 Å². The van der Waals surface area contributed by atoms with Crippen molar-refractivity contribution in [1.29, 1.82) is 0 Å². The summed E-state index contributed by atoms with van der Waals surface area (Å²) < 4.78 is 6.16. The Balaban J connectivity index is 0.00000306. The quantitative estimate of drug-likeness (QED) is 0.282. The highest BCUT2D eigenvalue weighted by molar-refractivity contribution is 14.0. The molecule has 1 aromatic carbocycles. The monoisotopic (exact) mass is 569 g/mol. The number of aliphatic imine (C=N–C) groups is 1. The van der Waals surface area contributed by atoms with Crippen LogP contribution in [0.5, 0.6) is 5.75 Å². The Morgan fingerprint density at radius 1 is 1.09 bits per heavy atom. The summed E-state index contributed by atoms with van der Waals surface area (Å²) in [6, 6.07) is 6.52. The molecule has 1 aromatic rings. The maximum Gasteiger partial charge on any atom is 0.191 e. The summed E-state index contributed by atoms with van der Waals surface area (Å²) in [5.41, 5.74) is 2.68. The van der Waals surface area contributed by atoms with Gasteiger partial charge in [0.05, 0.1) is 6.61 Å². The predicted octanol–water partition coefficient (Wildman–Crippen LogP) is 4.02. The number of likely N-dealkylation sites (tertiary alicyclic amines) is 2. The molecule has 2 heterocycles. The molecule has 0 atom stereocenters. The minimum absolute atomic E-state index is 0. The lowest BCUT2D eigenvalue weighted by atomic mass is 9.84. The van der Waals surface area contributed by atoms with Crippen LogP contribution in [-0.4, -0.2) is 74.7 Å². The van der Waals surface area contributed by atoms with E-state index in [-0.39, 0.29) is 29.5 Å². The first-order chi connectivity index (χ1) is 15.6. The summed E-state index contributed by atoms with van der Waals surface area (Å²) in [5.74, 6) is 2.65. The summed E-state index contributed by atoms with van der Waals surface area (Å²) in [5, 5.41) is 7.24. The standard InChI is InChI=1S/C26H43N5O.HI/c1-21-7-10-23(24(17-21)32-19-22-8-9-22)18-28-25(27-2)29-20-26(11-15-30(3)16-12-26)31-13-5-4-6-14-31;/h7,10,17,22H,4-6,8-9,11-16,18-20H2,1-3H3,(H2,27,28,29);1H. The largest absolute Gasteiger partial charge is 0.493 e. The number of halogens is 1. The van der Waals surface area contributed by atoms with Crippen molar-refractivity contribution in [3.63, 3.8) is 0 Å². The molecular formula is C26H44IN5O. The van der Waals surface area contributed by atoms with Crippen molar-refractivity contribution in [2.45, 2.75) is 64.0 Å². The van der Waals surface area contributed by atoms with E-state index in [1.165, 1.54) is 82.3 Å². The van der Waals surface area contributed by atoms with Gasteiger partial charge in [0, 0.05) is 31.2 Å². The molecule has 4 rings (SSSR count). The highest BCUT2D eigenvalue weighted by Gasteiger charge is 2.39. The van der Waals surface area contributed by atoms with Gasteiger partial charge in [0.25, 0.3) is 0 Å². The Labute approximate surface area is 217 Å². The molecule has 0 spiro atoms. The van der Waals surface area contributed by atoms with Crippen LogP contribution >= 0.6 is 24.0 Å². The van der Waals surface area contributed by atoms with Gasteiger partial charge >= 0.3 is 0 Å². The number of hydrogen-bond donors (Lipinski definition) is 2. The van der Waals surface area contributed by atoms with E-state index in [9.17, 15) is 0 Å². The van der Waals surface area contributed by atoms with Crippen LogP contribution in [0.2, 0.25) is 0 Å². The number of piperidine rings is 2. The SMILES string of the molecule is CN=C(NCc1ccc(C)cc1OCC1CC1)NCC1(N2CCCCC2)CCN(C)CC1.I. The van der Waals surface area contributed by atoms with Gasteiger partial charge in [-0.15, -0.1) is 24.0 Å². The molecular weight excluding hydrogens is 525 g/mol. The topological polar surface area (TPSA) is 52.1 Å². The molecule has 6 nitrogen and oxygen atoms in total. The minimum Gasteiger partial charge on any atom is -0.493 e. The summed E-state index contributed by atoms with van der Waals surface area (Å²) in [7, 11) is 4.12. The van der Waals surface area contributed by atoms with Gasteiger partial charge in [-0.3, -0.25) is 9.89 Å². The Kier molecular flexibility index (Phi) is 10.1. The second-order valence-corrected chi connectivity index (χ2v) is 10.2. The van der Waals surface area contributed by atoms with Crippen molar-refractivity contribution in [2.24, 2.45) is 10.9 Å². The van der Waals surface area contributed by atoms with Crippen LogP contribution in [0.3, 0.4) is 0 Å². The van der Waals surface area contributed by atoms with Gasteiger partial charge in [-0.2, -0.15) is 0 Å². The number of nitrogens with zero attached hydrogens (tertiary/aromatic N) is 3. The maximum atomic E-state index is 6.16. The summed E-state index contributed by atoms with van der Waals surface area (Å²) in [6.07, 6.45) is 9.12. The van der Waals surface area contributed by atoms with E-state index in [1.807, 2.05) is 7.05 Å². The van der Waals surface area contributed by atoms with Crippen molar-refractivity contribution >= 4 is 29.9 Å². The zero-order chi connectivity index (χ0) is 22.4. The van der Waals surface area contributed by atoms with Gasteiger partial charge < -0.3 is 20.3 Å². The molecule has 2 saturated heterocycles. The van der Waals surface area contributed by atoms with Crippen LogP contribution in [0.4, 0.5) is 0 Å². The van der Waals surface area contributed by atoms with Crippen LogP contribution in [0, 0.1) is 12.8 Å². The van der Waals surface area contributed by atoms with Crippen molar-refractivity contribution < 1.29 is 4.74 Å². The maximum absolute atomic E-state index is 6.16. The minimum atomic E-state index is 0. The smallest absolute Gasteiger partial charge is 0.191 e. The second-order valence-electron chi connectivity index (χ2n) is 10.2. The fraction of sp³-hybridized carbons (Fsp3) is 0.731. The van der Waals surface area contributed by atoms with Crippen molar-refractivity contribution in [3.8, 4) is 5.75 Å². The first-order valence-electron chi connectivity index (χ1n) is 12.7. The van der Waals surface area contributed by atoms with E-state index in [0.29, 0.717) is 0 Å². The lowest BCUT2D eigenvalue weighted by molar-refractivity contribution is 0.0173. The lowest BCUT2D eigenvalue weighted by Crippen LogP contribution is -2.62. The molecule has 3 aliphatic rings. The van der Waals surface area contributed by atoms with Gasteiger partial charge in [0.1, 0.15) is 5.75 Å². The van der Waals surface area contributed by atoms with E-state index in [2.05, 4.69) is 57.6 Å². The van der Waals surface area contributed by atoms with E-state index in [1.54, 1.807) is 0 Å². The molecule has 0 unspecified atom stereocenters. The Bertz CT molecular complexity index is 768. The molecule has 33 heavy (non-hydrogen) atoms. The molecule has 1 aliphatic carbocycles. The molecule has 0 aromatic heterocycles.